The summed E-state index contributed by atoms with van der Waals surface area (Å²) in [6.45, 7) is 1.75. The fourth-order valence-corrected chi connectivity index (χ4v) is 2.78. The van der Waals surface area contributed by atoms with Gasteiger partial charge in [-0.15, -0.1) is 0 Å². The number of aryl methyl sites for hydroxylation is 1. The highest BCUT2D eigenvalue weighted by molar-refractivity contribution is 9.10. The van der Waals surface area contributed by atoms with Crippen LogP contribution in [0.25, 0.3) is 0 Å². The van der Waals surface area contributed by atoms with Crippen LogP contribution in [0, 0.1) is 6.92 Å². The highest BCUT2D eigenvalue weighted by Crippen LogP contribution is 2.25. The Kier molecular flexibility index (Phi) is 7.55. The molecule has 0 fully saturated rings. The predicted molar refractivity (Wildman–Crippen MR) is 107 cm³/mol. The van der Waals surface area contributed by atoms with E-state index in [1.165, 1.54) is 0 Å². The van der Waals surface area contributed by atoms with Crippen LogP contribution >= 0.6 is 28.1 Å². The molecule has 0 heterocycles. The molecule has 8 heteroatoms. The SMILES string of the molecule is Cc1ccc(OCC(=O)NC(=S)NNC(=O)Cc2ccccc2)c(Br)c1. The van der Waals surface area contributed by atoms with E-state index in [0.717, 1.165) is 15.6 Å². The first-order valence-corrected chi connectivity index (χ1v) is 8.95. The van der Waals surface area contributed by atoms with Crippen LogP contribution in [0.15, 0.2) is 53.0 Å². The van der Waals surface area contributed by atoms with Crippen LogP contribution in [0.5, 0.6) is 5.75 Å². The third-order valence-electron chi connectivity index (χ3n) is 3.22. The second-order valence-corrected chi connectivity index (χ2v) is 6.70. The van der Waals surface area contributed by atoms with Crippen LogP contribution in [0.4, 0.5) is 0 Å². The number of benzene rings is 2. The number of thiocarbonyl (C=S) groups is 1. The number of ether oxygens (including phenoxy) is 1. The summed E-state index contributed by atoms with van der Waals surface area (Å²) >= 11 is 8.34. The molecule has 2 rings (SSSR count). The van der Waals surface area contributed by atoms with Gasteiger partial charge in [-0.25, -0.2) is 0 Å². The number of carbonyl (C=O) groups excluding carboxylic acids is 2. The van der Waals surface area contributed by atoms with Gasteiger partial charge in [-0.1, -0.05) is 36.4 Å². The van der Waals surface area contributed by atoms with E-state index >= 15 is 0 Å². The molecular formula is C18H18BrN3O3S. The molecule has 0 aliphatic carbocycles. The van der Waals surface area contributed by atoms with Gasteiger partial charge in [0.15, 0.2) is 11.7 Å². The summed E-state index contributed by atoms with van der Waals surface area (Å²) in [4.78, 5) is 23.7. The molecule has 0 saturated heterocycles. The molecule has 6 nitrogen and oxygen atoms in total. The number of halogens is 1. The van der Waals surface area contributed by atoms with Gasteiger partial charge in [0.05, 0.1) is 10.9 Å². The minimum absolute atomic E-state index is 0.0111. The van der Waals surface area contributed by atoms with Crippen molar-refractivity contribution in [2.24, 2.45) is 0 Å². The molecular weight excluding hydrogens is 418 g/mol. The van der Waals surface area contributed by atoms with Crippen molar-refractivity contribution < 1.29 is 14.3 Å². The molecule has 2 aromatic carbocycles. The minimum atomic E-state index is -0.438. The lowest BCUT2D eigenvalue weighted by Gasteiger charge is -2.12. The van der Waals surface area contributed by atoms with Gasteiger partial charge < -0.3 is 4.74 Å². The van der Waals surface area contributed by atoms with Crippen molar-refractivity contribution in [1.82, 2.24) is 16.2 Å². The van der Waals surface area contributed by atoms with E-state index in [-0.39, 0.29) is 24.0 Å². The summed E-state index contributed by atoms with van der Waals surface area (Å²) in [6, 6.07) is 14.8. The predicted octanol–water partition coefficient (Wildman–Crippen LogP) is 2.40. The highest BCUT2D eigenvalue weighted by Gasteiger charge is 2.09. The maximum atomic E-state index is 11.8. The van der Waals surface area contributed by atoms with Gasteiger partial charge in [-0.3, -0.25) is 25.8 Å². The summed E-state index contributed by atoms with van der Waals surface area (Å²) < 4.78 is 6.19. The first kappa shape index (κ1) is 19.9. The maximum absolute atomic E-state index is 11.8. The molecule has 136 valence electrons. The Hall–Kier alpha value is -2.45. The number of hydrogen-bond acceptors (Lipinski definition) is 4. The van der Waals surface area contributed by atoms with Crippen molar-refractivity contribution in [1.29, 1.82) is 0 Å². The molecule has 26 heavy (non-hydrogen) atoms. The zero-order chi connectivity index (χ0) is 18.9. The number of nitrogens with one attached hydrogen (secondary N) is 3. The lowest BCUT2D eigenvalue weighted by atomic mass is 10.1. The second-order valence-electron chi connectivity index (χ2n) is 5.44. The monoisotopic (exact) mass is 435 g/mol. The van der Waals surface area contributed by atoms with Crippen LogP contribution in [0.1, 0.15) is 11.1 Å². The molecule has 2 amide bonds. The minimum Gasteiger partial charge on any atom is -0.483 e. The van der Waals surface area contributed by atoms with Gasteiger partial charge in [-0.05, 0) is 58.3 Å². The number of hydrazine groups is 1. The number of amides is 2. The van der Waals surface area contributed by atoms with Crippen LogP contribution in [-0.4, -0.2) is 23.5 Å². The van der Waals surface area contributed by atoms with Crippen LogP contribution in [0.2, 0.25) is 0 Å². The Morgan fingerprint density at radius 3 is 2.50 bits per heavy atom. The number of rotatable bonds is 5. The Balaban J connectivity index is 1.70. The Bertz CT molecular complexity index is 800. The van der Waals surface area contributed by atoms with E-state index in [0.29, 0.717) is 5.75 Å². The van der Waals surface area contributed by atoms with Gasteiger partial charge in [0.1, 0.15) is 5.75 Å². The summed E-state index contributed by atoms with van der Waals surface area (Å²) in [5.41, 5.74) is 6.87. The average Bonchev–Trinajstić information content (AvgIpc) is 2.60. The maximum Gasteiger partial charge on any atom is 0.264 e. The van der Waals surface area contributed by atoms with Gasteiger partial charge in [0, 0.05) is 0 Å². The molecule has 0 spiro atoms. The van der Waals surface area contributed by atoms with Crippen molar-refractivity contribution in [3.8, 4) is 5.75 Å². The van der Waals surface area contributed by atoms with Crippen LogP contribution in [-0.2, 0) is 16.0 Å². The molecule has 0 radical (unpaired) electrons. The average molecular weight is 436 g/mol. The van der Waals surface area contributed by atoms with Crippen molar-refractivity contribution in [3.63, 3.8) is 0 Å². The summed E-state index contributed by atoms with van der Waals surface area (Å²) in [5.74, 6) is -0.152. The molecule has 0 saturated carbocycles. The standard InChI is InChI=1S/C18H18BrN3O3S/c1-12-7-8-15(14(19)9-12)25-11-17(24)20-18(26)22-21-16(23)10-13-5-3-2-4-6-13/h2-9H,10-11H2,1H3,(H,21,23)(H2,20,22,24,26). The Morgan fingerprint density at radius 2 is 1.81 bits per heavy atom. The largest absolute Gasteiger partial charge is 0.483 e. The molecule has 0 bridgehead atoms. The summed E-state index contributed by atoms with van der Waals surface area (Å²) in [6.07, 6.45) is 0.203. The fourth-order valence-electron chi connectivity index (χ4n) is 2.01. The molecule has 3 N–H and O–H groups in total. The van der Waals surface area contributed by atoms with Gasteiger partial charge in [-0.2, -0.15) is 0 Å². The smallest absolute Gasteiger partial charge is 0.264 e. The third-order valence-corrected chi connectivity index (χ3v) is 4.05. The highest BCUT2D eigenvalue weighted by atomic mass is 79.9. The topological polar surface area (TPSA) is 79.5 Å². The van der Waals surface area contributed by atoms with E-state index in [1.807, 2.05) is 49.4 Å². The van der Waals surface area contributed by atoms with E-state index in [9.17, 15) is 9.59 Å². The first-order valence-electron chi connectivity index (χ1n) is 7.75. The van der Waals surface area contributed by atoms with Gasteiger partial charge in [0.25, 0.3) is 5.91 Å². The van der Waals surface area contributed by atoms with Crippen molar-refractivity contribution in [2.45, 2.75) is 13.3 Å². The van der Waals surface area contributed by atoms with E-state index in [4.69, 9.17) is 17.0 Å². The molecule has 2 aromatic rings. The molecule has 0 unspecified atom stereocenters. The van der Waals surface area contributed by atoms with Crippen molar-refractivity contribution in [2.75, 3.05) is 6.61 Å². The van der Waals surface area contributed by atoms with Gasteiger partial charge in [0.2, 0.25) is 5.91 Å². The van der Waals surface area contributed by atoms with Crippen LogP contribution in [0.3, 0.4) is 0 Å². The number of carbonyl (C=O) groups is 2. The Labute approximate surface area is 165 Å². The van der Waals surface area contributed by atoms with E-state index in [2.05, 4.69) is 32.1 Å². The quantitative estimate of drug-likeness (QED) is 0.496. The lowest BCUT2D eigenvalue weighted by molar-refractivity contribution is -0.122. The zero-order valence-electron chi connectivity index (χ0n) is 14.0. The fraction of sp³-hybridized carbons (Fsp3) is 0.167. The summed E-state index contributed by atoms with van der Waals surface area (Å²) in [5, 5.41) is 2.42. The van der Waals surface area contributed by atoms with Crippen LogP contribution < -0.4 is 20.9 Å². The Morgan fingerprint density at radius 1 is 1.08 bits per heavy atom. The van der Waals surface area contributed by atoms with Crippen molar-refractivity contribution >= 4 is 45.1 Å². The number of hydrogen-bond donors (Lipinski definition) is 3. The van der Waals surface area contributed by atoms with Gasteiger partial charge >= 0.3 is 0 Å². The molecule has 0 aliphatic heterocycles. The lowest BCUT2D eigenvalue weighted by Crippen LogP contribution is -2.49. The third kappa shape index (κ3) is 6.81. The van der Waals surface area contributed by atoms with E-state index < -0.39 is 5.91 Å². The molecule has 0 aliphatic rings. The van der Waals surface area contributed by atoms with E-state index in [1.54, 1.807) is 6.07 Å². The molecule has 0 aromatic heterocycles. The normalized spacial score (nSPS) is 9.92. The first-order chi connectivity index (χ1) is 12.4. The van der Waals surface area contributed by atoms with Crippen molar-refractivity contribution in [3.05, 3.63) is 64.1 Å². The molecule has 0 atom stereocenters. The summed E-state index contributed by atoms with van der Waals surface area (Å²) in [7, 11) is 0. The second kappa shape index (κ2) is 9.88. The zero-order valence-corrected chi connectivity index (χ0v) is 16.4.